The summed E-state index contributed by atoms with van der Waals surface area (Å²) in [4.78, 5) is 8.59. The average molecular weight is 395 g/mol. The summed E-state index contributed by atoms with van der Waals surface area (Å²) in [5.74, 6) is 1.000. The number of rotatable bonds is 2. The quantitative estimate of drug-likeness (QED) is 0.770. The number of nitrogens with zero attached hydrogens (tertiary/aromatic N) is 2. The molecule has 132 valence electrons. The number of amidine groups is 1. The third-order valence-corrected chi connectivity index (χ3v) is 6.55. The van der Waals surface area contributed by atoms with E-state index in [1.165, 1.54) is 4.88 Å². The molecule has 2 aliphatic rings. The van der Waals surface area contributed by atoms with Crippen molar-refractivity contribution in [2.45, 2.75) is 24.9 Å². The van der Waals surface area contributed by atoms with Gasteiger partial charge in [-0.25, -0.2) is 4.99 Å². The zero-order valence-corrected chi connectivity index (χ0v) is 16.3. The topological polar surface area (TPSA) is 39.7 Å². The van der Waals surface area contributed by atoms with Crippen molar-refractivity contribution < 1.29 is 0 Å². The number of nitrogens with one attached hydrogen (secondary N) is 2. The Morgan fingerprint density at radius 2 is 2.04 bits per heavy atom. The van der Waals surface area contributed by atoms with Crippen molar-refractivity contribution in [3.63, 3.8) is 0 Å². The lowest BCUT2D eigenvalue weighted by atomic mass is 9.84. The van der Waals surface area contributed by atoms with Gasteiger partial charge in [-0.2, -0.15) is 0 Å². The van der Waals surface area contributed by atoms with E-state index in [1.807, 2.05) is 12.1 Å². The summed E-state index contributed by atoms with van der Waals surface area (Å²) in [7, 11) is 2.16. The maximum atomic E-state index is 6.22. The monoisotopic (exact) mass is 394 g/mol. The van der Waals surface area contributed by atoms with Gasteiger partial charge in [0, 0.05) is 18.0 Å². The van der Waals surface area contributed by atoms with E-state index in [-0.39, 0.29) is 5.54 Å². The SMILES string of the molecule is CN1CCC2(CC1)Nc1cc(Cl)c(Cl)cc1N=C2NCc1cccs1. The predicted molar refractivity (Wildman–Crippen MR) is 108 cm³/mol. The first-order valence-corrected chi connectivity index (χ1v) is 10.0. The van der Waals surface area contributed by atoms with Crippen LogP contribution in [0.4, 0.5) is 11.4 Å². The molecule has 1 saturated heterocycles. The second kappa shape index (κ2) is 6.80. The molecule has 0 aliphatic carbocycles. The number of anilines is 1. The van der Waals surface area contributed by atoms with E-state index in [0.717, 1.165) is 49.7 Å². The number of halogens is 2. The van der Waals surface area contributed by atoms with Gasteiger partial charge in [-0.05, 0) is 43.5 Å². The molecule has 1 fully saturated rings. The Morgan fingerprint density at radius 1 is 1.28 bits per heavy atom. The van der Waals surface area contributed by atoms with Crippen molar-refractivity contribution in [2.24, 2.45) is 4.99 Å². The van der Waals surface area contributed by atoms with E-state index in [9.17, 15) is 0 Å². The van der Waals surface area contributed by atoms with Crippen LogP contribution in [0.2, 0.25) is 10.0 Å². The maximum Gasteiger partial charge on any atom is 0.128 e. The summed E-state index contributed by atoms with van der Waals surface area (Å²) >= 11 is 14.2. The Bertz CT molecular complexity index is 796. The molecule has 2 aromatic rings. The molecule has 4 nitrogen and oxygen atoms in total. The fraction of sp³-hybridized carbons (Fsp3) is 0.389. The van der Waals surface area contributed by atoms with Crippen LogP contribution in [0.3, 0.4) is 0 Å². The van der Waals surface area contributed by atoms with Crippen molar-refractivity contribution in [3.05, 3.63) is 44.6 Å². The smallest absolute Gasteiger partial charge is 0.128 e. The minimum absolute atomic E-state index is 0.173. The molecule has 0 unspecified atom stereocenters. The third kappa shape index (κ3) is 3.38. The lowest BCUT2D eigenvalue weighted by Crippen LogP contribution is -2.58. The van der Waals surface area contributed by atoms with Gasteiger partial charge in [0.1, 0.15) is 5.84 Å². The number of hydrogen-bond donors (Lipinski definition) is 2. The summed E-state index contributed by atoms with van der Waals surface area (Å²) in [6.07, 6.45) is 2.00. The molecule has 2 N–H and O–H groups in total. The number of fused-ring (bicyclic) bond motifs is 1. The number of benzene rings is 1. The summed E-state index contributed by atoms with van der Waals surface area (Å²) in [5, 5.41) is 10.5. The summed E-state index contributed by atoms with van der Waals surface area (Å²) in [5.41, 5.74) is 1.63. The van der Waals surface area contributed by atoms with Crippen LogP contribution in [0.15, 0.2) is 34.6 Å². The van der Waals surface area contributed by atoms with Crippen LogP contribution in [0.25, 0.3) is 0 Å². The van der Waals surface area contributed by atoms with Gasteiger partial charge in [-0.15, -0.1) is 11.3 Å². The highest BCUT2D eigenvalue weighted by molar-refractivity contribution is 7.09. The highest BCUT2D eigenvalue weighted by Crippen LogP contribution is 2.41. The standard InChI is InChI=1S/C18H20Cl2N4S/c1-24-6-4-18(5-7-24)17(21-11-12-3-2-8-25-12)22-15-9-13(19)14(20)10-16(15)23-18/h2-3,8-10,23H,4-7,11H2,1H3,(H,21,22). The lowest BCUT2D eigenvalue weighted by Gasteiger charge is -2.45. The molecule has 25 heavy (non-hydrogen) atoms. The Balaban J connectivity index is 1.68. The highest BCUT2D eigenvalue weighted by Gasteiger charge is 2.41. The molecule has 2 aliphatic heterocycles. The number of thiophene rings is 1. The van der Waals surface area contributed by atoms with Gasteiger partial charge in [0.05, 0.1) is 33.5 Å². The zero-order valence-electron chi connectivity index (χ0n) is 14.0. The Labute approximate surface area is 161 Å². The molecular weight excluding hydrogens is 375 g/mol. The van der Waals surface area contributed by atoms with Crippen LogP contribution in [0.5, 0.6) is 0 Å². The molecule has 1 aromatic carbocycles. The first-order chi connectivity index (χ1) is 12.1. The van der Waals surface area contributed by atoms with Crippen LogP contribution in [0.1, 0.15) is 17.7 Å². The van der Waals surface area contributed by atoms with E-state index < -0.39 is 0 Å². The van der Waals surface area contributed by atoms with Crippen molar-refractivity contribution in [3.8, 4) is 0 Å². The molecule has 3 heterocycles. The molecule has 1 aromatic heterocycles. The van der Waals surface area contributed by atoms with E-state index in [0.29, 0.717) is 10.0 Å². The summed E-state index contributed by atoms with van der Waals surface area (Å²) < 4.78 is 0. The molecule has 0 bridgehead atoms. The zero-order chi connectivity index (χ0) is 17.4. The second-order valence-corrected chi connectivity index (χ2v) is 8.53. The lowest BCUT2D eigenvalue weighted by molar-refractivity contribution is 0.238. The minimum Gasteiger partial charge on any atom is -0.371 e. The van der Waals surface area contributed by atoms with Gasteiger partial charge < -0.3 is 15.5 Å². The minimum atomic E-state index is -0.173. The average Bonchev–Trinajstić information content (AvgIpc) is 3.11. The Kier molecular flexibility index (Phi) is 4.67. The van der Waals surface area contributed by atoms with E-state index in [4.69, 9.17) is 28.2 Å². The first kappa shape index (κ1) is 17.2. The summed E-state index contributed by atoms with van der Waals surface area (Å²) in [6, 6.07) is 7.94. The van der Waals surface area contributed by atoms with Gasteiger partial charge in [0.15, 0.2) is 0 Å². The Morgan fingerprint density at radius 3 is 2.76 bits per heavy atom. The first-order valence-electron chi connectivity index (χ1n) is 8.37. The largest absolute Gasteiger partial charge is 0.371 e. The normalized spacial score (nSPS) is 19.2. The summed E-state index contributed by atoms with van der Waals surface area (Å²) in [6.45, 7) is 2.85. The van der Waals surface area contributed by atoms with E-state index in [2.05, 4.69) is 40.1 Å². The molecule has 0 atom stereocenters. The van der Waals surface area contributed by atoms with Crippen molar-refractivity contribution in [1.82, 2.24) is 10.2 Å². The van der Waals surface area contributed by atoms with Crippen molar-refractivity contribution in [1.29, 1.82) is 0 Å². The number of hydrogen-bond acceptors (Lipinski definition) is 5. The van der Waals surface area contributed by atoms with E-state index in [1.54, 1.807) is 11.3 Å². The fourth-order valence-electron chi connectivity index (χ4n) is 3.43. The number of piperidine rings is 1. The van der Waals surface area contributed by atoms with Crippen molar-refractivity contribution >= 4 is 51.7 Å². The molecular formula is C18H20Cl2N4S. The fourth-order valence-corrected chi connectivity index (χ4v) is 4.39. The molecule has 7 heteroatoms. The van der Waals surface area contributed by atoms with Crippen LogP contribution >= 0.6 is 34.5 Å². The van der Waals surface area contributed by atoms with Gasteiger partial charge in [-0.1, -0.05) is 29.3 Å². The van der Waals surface area contributed by atoms with Gasteiger partial charge >= 0.3 is 0 Å². The van der Waals surface area contributed by atoms with Gasteiger partial charge in [-0.3, -0.25) is 0 Å². The highest BCUT2D eigenvalue weighted by atomic mass is 35.5. The van der Waals surface area contributed by atoms with Gasteiger partial charge in [0.2, 0.25) is 0 Å². The number of likely N-dealkylation sites (tertiary alicyclic amines) is 1. The third-order valence-electron chi connectivity index (χ3n) is 4.95. The maximum absolute atomic E-state index is 6.22. The van der Waals surface area contributed by atoms with Crippen LogP contribution in [-0.4, -0.2) is 36.4 Å². The Hall–Kier alpha value is -1.27. The molecule has 0 amide bonds. The van der Waals surface area contributed by atoms with Gasteiger partial charge in [0.25, 0.3) is 0 Å². The van der Waals surface area contributed by atoms with Crippen LogP contribution in [0, 0.1) is 0 Å². The number of aliphatic imine (C=N–C) groups is 1. The molecule has 0 radical (unpaired) electrons. The molecule has 0 saturated carbocycles. The predicted octanol–water partition coefficient (Wildman–Crippen LogP) is 4.76. The van der Waals surface area contributed by atoms with Crippen LogP contribution in [-0.2, 0) is 6.54 Å². The molecule has 1 spiro atoms. The van der Waals surface area contributed by atoms with Crippen molar-refractivity contribution in [2.75, 3.05) is 25.5 Å². The molecule has 4 rings (SSSR count). The van der Waals surface area contributed by atoms with Crippen LogP contribution < -0.4 is 10.6 Å². The second-order valence-electron chi connectivity index (χ2n) is 6.69. The van der Waals surface area contributed by atoms with E-state index >= 15 is 0 Å².